The number of hydrogen-bond donors (Lipinski definition) is 1. The molecule has 0 unspecified atom stereocenters. The van der Waals surface area contributed by atoms with Crippen molar-refractivity contribution in [3.63, 3.8) is 0 Å². The van der Waals surface area contributed by atoms with Crippen LogP contribution >= 0.6 is 23.2 Å². The number of amides is 2. The van der Waals surface area contributed by atoms with E-state index in [2.05, 4.69) is 5.32 Å². The standard InChI is InChI=1S/C26H33Cl2N3O4S/c1-18-13-14-21(27)15-24(18)31(36(3,34)35)17-25(32)30(16-20-9-7-8-12-23(20)28)19(2)26(33)29-22-10-5-4-6-11-22/h7-9,12-15,19,22H,4-6,10-11,16-17H2,1-3H3,(H,29,33)/t19-/m0/s1. The molecule has 0 aliphatic heterocycles. The van der Waals surface area contributed by atoms with Crippen molar-refractivity contribution in [3.8, 4) is 0 Å². The molecule has 1 N–H and O–H groups in total. The van der Waals surface area contributed by atoms with Crippen LogP contribution in [-0.2, 0) is 26.2 Å². The molecule has 1 atom stereocenters. The fraction of sp³-hybridized carbons (Fsp3) is 0.462. The molecule has 0 saturated heterocycles. The van der Waals surface area contributed by atoms with Crippen molar-refractivity contribution >= 4 is 50.7 Å². The third-order valence-corrected chi connectivity index (χ3v) is 8.27. The van der Waals surface area contributed by atoms with Gasteiger partial charge >= 0.3 is 0 Å². The van der Waals surface area contributed by atoms with Gasteiger partial charge in [0.2, 0.25) is 21.8 Å². The summed E-state index contributed by atoms with van der Waals surface area (Å²) in [6.07, 6.45) is 6.13. The third-order valence-electron chi connectivity index (χ3n) is 6.54. The van der Waals surface area contributed by atoms with Gasteiger partial charge in [0, 0.05) is 22.6 Å². The highest BCUT2D eigenvalue weighted by Gasteiger charge is 2.32. The largest absolute Gasteiger partial charge is 0.352 e. The predicted octanol–water partition coefficient (Wildman–Crippen LogP) is 4.93. The Kier molecular flexibility index (Phi) is 9.66. The Morgan fingerprint density at radius 2 is 1.75 bits per heavy atom. The van der Waals surface area contributed by atoms with Crippen LogP contribution in [0.5, 0.6) is 0 Å². The first-order chi connectivity index (χ1) is 17.0. The Hall–Kier alpha value is -2.29. The molecule has 196 valence electrons. The maximum atomic E-state index is 13.7. The zero-order chi connectivity index (χ0) is 26.5. The summed E-state index contributed by atoms with van der Waals surface area (Å²) in [6, 6.07) is 11.2. The zero-order valence-corrected chi connectivity index (χ0v) is 23.2. The van der Waals surface area contributed by atoms with Gasteiger partial charge in [0.25, 0.3) is 0 Å². The molecule has 0 spiro atoms. The summed E-state index contributed by atoms with van der Waals surface area (Å²) < 4.78 is 26.5. The normalized spacial score (nSPS) is 15.2. The minimum absolute atomic E-state index is 0.0594. The van der Waals surface area contributed by atoms with Gasteiger partial charge in [0.05, 0.1) is 11.9 Å². The van der Waals surface area contributed by atoms with E-state index in [9.17, 15) is 18.0 Å². The Balaban J connectivity index is 1.91. The van der Waals surface area contributed by atoms with Crippen LogP contribution in [0.1, 0.15) is 50.2 Å². The second kappa shape index (κ2) is 12.3. The van der Waals surface area contributed by atoms with Crippen LogP contribution in [0.25, 0.3) is 0 Å². The molecule has 0 bridgehead atoms. The van der Waals surface area contributed by atoms with Crippen LogP contribution in [0.2, 0.25) is 10.0 Å². The number of nitrogens with one attached hydrogen (secondary N) is 1. The highest BCUT2D eigenvalue weighted by molar-refractivity contribution is 7.92. The van der Waals surface area contributed by atoms with E-state index in [1.54, 1.807) is 50.2 Å². The van der Waals surface area contributed by atoms with Crippen molar-refractivity contribution < 1.29 is 18.0 Å². The van der Waals surface area contributed by atoms with E-state index < -0.39 is 28.5 Å². The van der Waals surface area contributed by atoms with E-state index in [0.29, 0.717) is 26.9 Å². The number of carbonyl (C=O) groups is 2. The Labute approximate surface area is 223 Å². The summed E-state index contributed by atoms with van der Waals surface area (Å²) in [4.78, 5) is 28.3. The Morgan fingerprint density at radius 3 is 2.39 bits per heavy atom. The van der Waals surface area contributed by atoms with Crippen LogP contribution < -0.4 is 9.62 Å². The first-order valence-electron chi connectivity index (χ1n) is 12.0. The summed E-state index contributed by atoms with van der Waals surface area (Å²) in [6.45, 7) is 2.98. The molecule has 3 rings (SSSR count). The SMILES string of the molecule is Cc1ccc(Cl)cc1N(CC(=O)N(Cc1ccccc1Cl)[C@@H](C)C(=O)NC1CCCCC1)S(C)(=O)=O. The first kappa shape index (κ1) is 28.3. The van der Waals surface area contributed by atoms with Crippen LogP contribution in [0.15, 0.2) is 42.5 Å². The number of hydrogen-bond acceptors (Lipinski definition) is 4. The maximum Gasteiger partial charge on any atom is 0.244 e. The number of halogens is 2. The zero-order valence-electron chi connectivity index (χ0n) is 20.8. The molecule has 36 heavy (non-hydrogen) atoms. The highest BCUT2D eigenvalue weighted by atomic mass is 35.5. The van der Waals surface area contributed by atoms with Crippen molar-refractivity contribution in [2.75, 3.05) is 17.1 Å². The number of carbonyl (C=O) groups excluding carboxylic acids is 2. The molecule has 2 amide bonds. The topological polar surface area (TPSA) is 86.8 Å². The summed E-state index contributed by atoms with van der Waals surface area (Å²) in [5.74, 6) is -0.793. The van der Waals surface area contributed by atoms with Gasteiger partial charge in [-0.25, -0.2) is 8.42 Å². The van der Waals surface area contributed by atoms with E-state index >= 15 is 0 Å². The number of benzene rings is 2. The minimum atomic E-state index is -3.83. The van der Waals surface area contributed by atoms with Crippen molar-refractivity contribution in [2.45, 2.75) is 64.6 Å². The summed E-state index contributed by atoms with van der Waals surface area (Å²) in [5.41, 5.74) is 1.63. The van der Waals surface area contributed by atoms with Crippen molar-refractivity contribution in [1.82, 2.24) is 10.2 Å². The van der Waals surface area contributed by atoms with Crippen LogP contribution in [0, 0.1) is 6.92 Å². The summed E-state index contributed by atoms with van der Waals surface area (Å²) >= 11 is 12.5. The van der Waals surface area contributed by atoms with Gasteiger partial charge in [0.1, 0.15) is 12.6 Å². The number of aryl methyl sites for hydroxylation is 1. The van der Waals surface area contributed by atoms with Gasteiger partial charge in [-0.2, -0.15) is 0 Å². The third kappa shape index (κ3) is 7.37. The molecule has 1 fully saturated rings. The van der Waals surface area contributed by atoms with Gasteiger partial charge in [-0.1, -0.05) is 66.7 Å². The lowest BCUT2D eigenvalue weighted by atomic mass is 9.95. The lowest BCUT2D eigenvalue weighted by Gasteiger charge is -2.33. The second-order valence-electron chi connectivity index (χ2n) is 9.33. The van der Waals surface area contributed by atoms with Gasteiger partial charge in [-0.3, -0.25) is 13.9 Å². The van der Waals surface area contributed by atoms with Crippen molar-refractivity contribution in [2.24, 2.45) is 0 Å². The molecular weight excluding hydrogens is 521 g/mol. The van der Waals surface area contributed by atoms with Gasteiger partial charge < -0.3 is 10.2 Å². The molecule has 2 aromatic rings. The van der Waals surface area contributed by atoms with Gasteiger partial charge in [-0.15, -0.1) is 0 Å². The lowest BCUT2D eigenvalue weighted by molar-refractivity contribution is -0.139. The molecule has 1 aliphatic carbocycles. The molecule has 2 aromatic carbocycles. The smallest absolute Gasteiger partial charge is 0.244 e. The minimum Gasteiger partial charge on any atom is -0.352 e. The maximum absolute atomic E-state index is 13.7. The monoisotopic (exact) mass is 553 g/mol. The van der Waals surface area contributed by atoms with Gasteiger partial charge in [-0.05, 0) is 56.0 Å². The summed E-state index contributed by atoms with van der Waals surface area (Å²) in [5, 5.41) is 3.88. The molecule has 0 aromatic heterocycles. The quantitative estimate of drug-likeness (QED) is 0.476. The van der Waals surface area contributed by atoms with Crippen LogP contribution in [0.4, 0.5) is 5.69 Å². The molecule has 1 saturated carbocycles. The van der Waals surface area contributed by atoms with E-state index in [-0.39, 0.29) is 18.5 Å². The van der Waals surface area contributed by atoms with Gasteiger partial charge in [0.15, 0.2) is 0 Å². The van der Waals surface area contributed by atoms with Crippen LogP contribution in [0.3, 0.4) is 0 Å². The second-order valence-corrected chi connectivity index (χ2v) is 12.1. The highest BCUT2D eigenvalue weighted by Crippen LogP contribution is 2.27. The Morgan fingerprint density at radius 1 is 1.08 bits per heavy atom. The fourth-order valence-corrected chi connectivity index (χ4v) is 5.67. The first-order valence-corrected chi connectivity index (χ1v) is 14.6. The number of sulfonamides is 1. The van der Waals surface area contributed by atoms with Crippen LogP contribution in [-0.4, -0.2) is 50.0 Å². The average molecular weight is 555 g/mol. The molecule has 0 radical (unpaired) electrons. The molecule has 7 nitrogen and oxygen atoms in total. The molecular formula is C26H33Cl2N3O4S. The summed E-state index contributed by atoms with van der Waals surface area (Å²) in [7, 11) is -3.83. The predicted molar refractivity (Wildman–Crippen MR) is 145 cm³/mol. The van der Waals surface area contributed by atoms with E-state index in [1.807, 2.05) is 0 Å². The fourth-order valence-electron chi connectivity index (χ4n) is 4.41. The van der Waals surface area contributed by atoms with E-state index in [0.717, 1.165) is 42.7 Å². The van der Waals surface area contributed by atoms with Crippen molar-refractivity contribution in [1.29, 1.82) is 0 Å². The molecule has 1 aliphatic rings. The number of anilines is 1. The van der Waals surface area contributed by atoms with Crippen molar-refractivity contribution in [3.05, 3.63) is 63.6 Å². The molecule has 0 heterocycles. The lowest BCUT2D eigenvalue weighted by Crippen LogP contribution is -2.53. The molecule has 10 heteroatoms. The van der Waals surface area contributed by atoms with E-state index in [1.165, 1.54) is 11.0 Å². The Bertz CT molecular complexity index is 1200. The average Bonchev–Trinajstić information content (AvgIpc) is 2.83. The number of rotatable bonds is 9. The van der Waals surface area contributed by atoms with E-state index in [4.69, 9.17) is 23.2 Å². The number of nitrogens with zero attached hydrogens (tertiary/aromatic N) is 2.